The van der Waals surface area contributed by atoms with Crippen LogP contribution in [-0.4, -0.2) is 57.8 Å². The fraction of sp³-hybridized carbons (Fsp3) is 0.500. The highest BCUT2D eigenvalue weighted by Crippen LogP contribution is 2.43. The van der Waals surface area contributed by atoms with Gasteiger partial charge in [0.2, 0.25) is 5.91 Å². The van der Waals surface area contributed by atoms with E-state index in [4.69, 9.17) is 32.7 Å². The van der Waals surface area contributed by atoms with E-state index in [-0.39, 0.29) is 25.0 Å². The van der Waals surface area contributed by atoms with Crippen LogP contribution in [0.4, 0.5) is 5.69 Å². The van der Waals surface area contributed by atoms with E-state index in [0.29, 0.717) is 40.2 Å². The molecule has 1 unspecified atom stereocenters. The third-order valence-corrected chi connectivity index (χ3v) is 8.52. The van der Waals surface area contributed by atoms with Crippen molar-refractivity contribution in [2.75, 3.05) is 31.1 Å². The molecule has 176 valence electrons. The molecule has 12 heteroatoms. The van der Waals surface area contributed by atoms with Gasteiger partial charge in [-0.3, -0.25) is 4.79 Å². The van der Waals surface area contributed by atoms with Crippen LogP contribution < -0.4 is 9.64 Å². The summed E-state index contributed by atoms with van der Waals surface area (Å²) in [4.78, 5) is 14.2. The van der Waals surface area contributed by atoms with Gasteiger partial charge in [0, 0.05) is 39.1 Å². The van der Waals surface area contributed by atoms with E-state index in [9.17, 15) is 13.2 Å². The maximum absolute atomic E-state index is 12.7. The molecule has 1 aliphatic rings. The molecule has 2 aromatic rings. The van der Waals surface area contributed by atoms with Crippen LogP contribution >= 0.6 is 23.2 Å². The van der Waals surface area contributed by atoms with Gasteiger partial charge in [0.05, 0.1) is 34.4 Å². The number of hydrogen-bond donors (Lipinski definition) is 0. The molecular weight excluding hydrogens is 493 g/mol. The molecule has 0 N–H and O–H groups in total. The summed E-state index contributed by atoms with van der Waals surface area (Å²) in [5.41, 5.74) is 1.04. The van der Waals surface area contributed by atoms with Crippen molar-refractivity contribution in [1.82, 2.24) is 9.19 Å². The Hall–Kier alpha value is -1.59. The Bertz CT molecular complexity index is 1100. The number of amides is 1. The Morgan fingerprint density at radius 2 is 1.97 bits per heavy atom. The Morgan fingerprint density at radius 1 is 1.25 bits per heavy atom. The van der Waals surface area contributed by atoms with Gasteiger partial charge in [-0.1, -0.05) is 42.8 Å². The molecule has 0 saturated carbocycles. The van der Waals surface area contributed by atoms with Crippen molar-refractivity contribution in [2.24, 2.45) is 0 Å². The first kappa shape index (κ1) is 25.0. The lowest BCUT2D eigenvalue weighted by Gasteiger charge is -2.20. The molecule has 1 amide bonds. The summed E-state index contributed by atoms with van der Waals surface area (Å²) < 4.78 is 35.7. The number of nitrogens with zero attached hydrogens (tertiary/aromatic N) is 3. The number of carbonyl (C=O) groups is 1. The second-order valence-corrected chi connectivity index (χ2v) is 17.2. The van der Waals surface area contributed by atoms with Gasteiger partial charge in [0.15, 0.2) is 6.79 Å². The number of anilines is 1. The van der Waals surface area contributed by atoms with Crippen LogP contribution in [0, 0.1) is 0 Å². The topological polar surface area (TPSA) is 90.7 Å². The normalized spacial score (nSPS) is 17.2. The lowest BCUT2D eigenvalue weighted by atomic mass is 9.97. The summed E-state index contributed by atoms with van der Waals surface area (Å²) in [7, 11) is -4.74. The molecule has 0 spiro atoms. The van der Waals surface area contributed by atoms with Crippen molar-refractivity contribution >= 4 is 52.9 Å². The molecule has 0 bridgehead atoms. The van der Waals surface area contributed by atoms with Crippen molar-refractivity contribution < 1.29 is 22.7 Å². The minimum Gasteiger partial charge on any atom is -0.467 e. The van der Waals surface area contributed by atoms with E-state index < -0.39 is 18.1 Å². The van der Waals surface area contributed by atoms with Gasteiger partial charge < -0.3 is 14.4 Å². The molecule has 1 saturated heterocycles. The standard InChI is InChI=1S/C20H27Cl2N3O5SSi/c1-31(27,28)25-12-15(10-23-25)24-11-14(9-18(24)26)19-17(6-5-16(21)20(19)22)30-13-29-7-8-32(2,3)4/h5-6,10,12,14H,7-9,11,13H2,1-4H3. The smallest absolute Gasteiger partial charge is 0.250 e. The van der Waals surface area contributed by atoms with Gasteiger partial charge in [0.25, 0.3) is 10.0 Å². The number of hydrogen-bond acceptors (Lipinski definition) is 6. The molecule has 1 aromatic carbocycles. The number of carbonyl (C=O) groups excluding carboxylic acids is 1. The molecule has 8 nitrogen and oxygen atoms in total. The minimum atomic E-state index is -3.54. The lowest BCUT2D eigenvalue weighted by molar-refractivity contribution is -0.117. The predicted molar refractivity (Wildman–Crippen MR) is 128 cm³/mol. The monoisotopic (exact) mass is 519 g/mol. The average molecular weight is 521 g/mol. The molecule has 1 aromatic heterocycles. The van der Waals surface area contributed by atoms with Gasteiger partial charge in [-0.25, -0.2) is 8.42 Å². The van der Waals surface area contributed by atoms with Crippen LogP contribution in [0.25, 0.3) is 0 Å². The molecule has 0 radical (unpaired) electrons. The van der Waals surface area contributed by atoms with E-state index in [1.54, 1.807) is 12.1 Å². The molecule has 1 aliphatic heterocycles. The Kier molecular flexibility index (Phi) is 7.61. The number of rotatable bonds is 9. The van der Waals surface area contributed by atoms with Crippen LogP contribution in [0.3, 0.4) is 0 Å². The third kappa shape index (κ3) is 6.05. The van der Waals surface area contributed by atoms with Crippen molar-refractivity contribution in [1.29, 1.82) is 0 Å². The van der Waals surface area contributed by atoms with Crippen LogP contribution in [0.5, 0.6) is 5.75 Å². The molecular formula is C20H27Cl2N3O5SSi. The predicted octanol–water partition coefficient (Wildman–Crippen LogP) is 4.21. The Morgan fingerprint density at radius 3 is 2.59 bits per heavy atom. The van der Waals surface area contributed by atoms with Gasteiger partial charge in [0.1, 0.15) is 5.75 Å². The number of benzene rings is 1. The van der Waals surface area contributed by atoms with E-state index in [0.717, 1.165) is 16.4 Å². The van der Waals surface area contributed by atoms with Crippen LogP contribution in [0.1, 0.15) is 17.9 Å². The molecule has 32 heavy (non-hydrogen) atoms. The quantitative estimate of drug-likeness (QED) is 0.280. The van der Waals surface area contributed by atoms with E-state index in [1.807, 2.05) is 0 Å². The maximum Gasteiger partial charge on any atom is 0.250 e. The zero-order chi connectivity index (χ0) is 23.7. The van der Waals surface area contributed by atoms with Gasteiger partial charge >= 0.3 is 0 Å². The summed E-state index contributed by atoms with van der Waals surface area (Å²) in [6.45, 7) is 7.80. The van der Waals surface area contributed by atoms with Gasteiger partial charge in [-0.2, -0.15) is 9.19 Å². The molecule has 0 aliphatic carbocycles. The maximum atomic E-state index is 12.7. The van der Waals surface area contributed by atoms with Gasteiger partial charge in [-0.15, -0.1) is 0 Å². The number of aromatic nitrogens is 2. The third-order valence-electron chi connectivity index (χ3n) is 5.12. The minimum absolute atomic E-state index is 0.0704. The highest BCUT2D eigenvalue weighted by atomic mass is 35.5. The fourth-order valence-electron chi connectivity index (χ4n) is 3.36. The largest absolute Gasteiger partial charge is 0.467 e. The fourth-order valence-corrected chi connectivity index (χ4v) is 5.11. The van der Waals surface area contributed by atoms with Gasteiger partial charge in [-0.05, 0) is 18.2 Å². The second-order valence-electron chi connectivity index (χ2n) is 8.99. The van der Waals surface area contributed by atoms with Crippen LogP contribution in [0.15, 0.2) is 24.5 Å². The zero-order valence-corrected chi connectivity index (χ0v) is 21.8. The second kappa shape index (κ2) is 9.72. The van der Waals surface area contributed by atoms with E-state index in [2.05, 4.69) is 24.7 Å². The molecule has 2 heterocycles. The first-order chi connectivity index (χ1) is 14.9. The Labute approximate surface area is 199 Å². The summed E-state index contributed by atoms with van der Waals surface area (Å²) >= 11 is 12.8. The number of halogens is 2. The van der Waals surface area contributed by atoms with Crippen molar-refractivity contribution in [2.45, 2.75) is 38.0 Å². The van der Waals surface area contributed by atoms with Crippen LogP contribution in [0.2, 0.25) is 35.7 Å². The summed E-state index contributed by atoms with van der Waals surface area (Å²) in [5.74, 6) is 0.0579. The average Bonchev–Trinajstić information content (AvgIpc) is 3.30. The first-order valence-corrected chi connectivity index (χ1v) is 16.4. The summed E-state index contributed by atoms with van der Waals surface area (Å²) in [6, 6.07) is 4.40. The van der Waals surface area contributed by atoms with E-state index >= 15 is 0 Å². The highest BCUT2D eigenvalue weighted by Gasteiger charge is 2.36. The zero-order valence-electron chi connectivity index (χ0n) is 18.5. The SMILES string of the molecule is C[Si](C)(C)CCOCOc1ccc(Cl)c(Cl)c1C1CC(=O)N(c2cnn(S(C)(=O)=O)c2)C1. The molecule has 1 fully saturated rings. The van der Waals surface area contributed by atoms with Crippen molar-refractivity contribution in [3.8, 4) is 5.75 Å². The number of ether oxygens (including phenoxy) is 2. The summed E-state index contributed by atoms with van der Waals surface area (Å²) in [6.07, 6.45) is 3.89. The Balaban J connectivity index is 1.76. The van der Waals surface area contributed by atoms with Crippen LogP contribution in [-0.2, 0) is 19.6 Å². The summed E-state index contributed by atoms with van der Waals surface area (Å²) in [5, 5.41) is 4.53. The highest BCUT2D eigenvalue weighted by molar-refractivity contribution is 7.89. The first-order valence-electron chi connectivity index (χ1n) is 10.1. The lowest BCUT2D eigenvalue weighted by Crippen LogP contribution is -2.24. The van der Waals surface area contributed by atoms with Crippen molar-refractivity contribution in [3.63, 3.8) is 0 Å². The molecule has 3 rings (SSSR count). The van der Waals surface area contributed by atoms with Crippen molar-refractivity contribution in [3.05, 3.63) is 40.1 Å². The van der Waals surface area contributed by atoms with E-state index in [1.165, 1.54) is 17.3 Å². The molecule has 1 atom stereocenters.